The van der Waals surface area contributed by atoms with Crippen LogP contribution in [0.15, 0.2) is 60.8 Å². The van der Waals surface area contributed by atoms with Crippen LogP contribution in [0.5, 0.6) is 0 Å². The van der Waals surface area contributed by atoms with E-state index in [9.17, 15) is 0 Å². The van der Waals surface area contributed by atoms with E-state index in [1.165, 1.54) is 22.0 Å². The van der Waals surface area contributed by atoms with Crippen molar-refractivity contribution in [2.45, 2.75) is 5.92 Å². The standard InChI is InChI=1S/C17H18N2/c1-19-12-16(14-9-5-6-10-17(14)19)15(11-18)13-7-3-2-4-8-13/h2-10,12,15H,11,18H2,1H3/t15-/m0/s1. The minimum Gasteiger partial charge on any atom is -0.350 e. The molecule has 0 radical (unpaired) electrons. The van der Waals surface area contributed by atoms with Gasteiger partial charge >= 0.3 is 0 Å². The van der Waals surface area contributed by atoms with Gasteiger partial charge < -0.3 is 10.3 Å². The van der Waals surface area contributed by atoms with Gasteiger partial charge in [-0.05, 0) is 17.2 Å². The van der Waals surface area contributed by atoms with Gasteiger partial charge in [-0.2, -0.15) is 0 Å². The highest BCUT2D eigenvalue weighted by Gasteiger charge is 2.17. The summed E-state index contributed by atoms with van der Waals surface area (Å²) in [5.74, 6) is 0.257. The van der Waals surface area contributed by atoms with E-state index in [1.807, 2.05) is 6.07 Å². The van der Waals surface area contributed by atoms with Crippen molar-refractivity contribution in [3.8, 4) is 0 Å². The van der Waals surface area contributed by atoms with Crippen LogP contribution >= 0.6 is 0 Å². The fourth-order valence-corrected chi connectivity index (χ4v) is 2.78. The van der Waals surface area contributed by atoms with Gasteiger partial charge in [-0.1, -0.05) is 48.5 Å². The molecule has 0 fully saturated rings. The maximum atomic E-state index is 6.03. The van der Waals surface area contributed by atoms with Crippen LogP contribution in [-0.4, -0.2) is 11.1 Å². The van der Waals surface area contributed by atoms with Crippen LogP contribution in [0.1, 0.15) is 17.0 Å². The number of hydrogen-bond acceptors (Lipinski definition) is 1. The van der Waals surface area contributed by atoms with E-state index in [0.717, 1.165) is 0 Å². The average Bonchev–Trinajstić information content (AvgIpc) is 2.79. The predicted octanol–water partition coefficient (Wildman–Crippen LogP) is 3.27. The third-order valence-electron chi connectivity index (χ3n) is 3.74. The predicted molar refractivity (Wildman–Crippen MR) is 80.3 cm³/mol. The Morgan fingerprint density at radius 3 is 2.42 bits per heavy atom. The highest BCUT2D eigenvalue weighted by molar-refractivity contribution is 5.85. The Bertz CT molecular complexity index is 683. The number of nitrogens with zero attached hydrogens (tertiary/aromatic N) is 1. The molecule has 0 saturated carbocycles. The molecule has 2 nitrogen and oxygen atoms in total. The number of aromatic nitrogens is 1. The van der Waals surface area contributed by atoms with Gasteiger partial charge in [0.05, 0.1) is 0 Å². The first-order chi connectivity index (χ1) is 9.31. The molecule has 96 valence electrons. The highest BCUT2D eigenvalue weighted by Crippen LogP contribution is 2.31. The van der Waals surface area contributed by atoms with Crippen LogP contribution in [0.4, 0.5) is 0 Å². The van der Waals surface area contributed by atoms with Gasteiger partial charge in [0.15, 0.2) is 0 Å². The Labute approximate surface area is 113 Å². The lowest BCUT2D eigenvalue weighted by Gasteiger charge is -2.14. The van der Waals surface area contributed by atoms with E-state index < -0.39 is 0 Å². The van der Waals surface area contributed by atoms with Crippen LogP contribution in [0.25, 0.3) is 10.9 Å². The Morgan fingerprint density at radius 2 is 1.68 bits per heavy atom. The van der Waals surface area contributed by atoms with Gasteiger partial charge in [0.2, 0.25) is 0 Å². The summed E-state index contributed by atoms with van der Waals surface area (Å²) in [4.78, 5) is 0. The zero-order valence-electron chi connectivity index (χ0n) is 11.1. The van der Waals surface area contributed by atoms with E-state index in [1.54, 1.807) is 0 Å². The van der Waals surface area contributed by atoms with Crippen molar-refractivity contribution in [2.75, 3.05) is 6.54 Å². The first kappa shape index (κ1) is 12.0. The monoisotopic (exact) mass is 250 g/mol. The first-order valence-electron chi connectivity index (χ1n) is 6.60. The normalized spacial score (nSPS) is 12.7. The molecule has 19 heavy (non-hydrogen) atoms. The molecule has 0 amide bonds. The summed E-state index contributed by atoms with van der Waals surface area (Å²) in [5.41, 5.74) is 9.88. The van der Waals surface area contributed by atoms with Crippen LogP contribution in [0.2, 0.25) is 0 Å². The molecule has 0 saturated heterocycles. The number of para-hydroxylation sites is 1. The van der Waals surface area contributed by atoms with Crippen LogP contribution in [0.3, 0.4) is 0 Å². The molecule has 1 aromatic heterocycles. The van der Waals surface area contributed by atoms with E-state index in [2.05, 4.69) is 66.3 Å². The SMILES string of the molecule is Cn1cc([C@@H](CN)c2ccccc2)c2ccccc21. The minimum absolute atomic E-state index is 0.257. The van der Waals surface area contributed by atoms with E-state index >= 15 is 0 Å². The molecular weight excluding hydrogens is 232 g/mol. The highest BCUT2D eigenvalue weighted by atomic mass is 14.9. The molecule has 2 aromatic carbocycles. The zero-order valence-corrected chi connectivity index (χ0v) is 11.1. The first-order valence-corrected chi connectivity index (χ1v) is 6.60. The molecule has 2 N–H and O–H groups in total. The average molecular weight is 250 g/mol. The maximum Gasteiger partial charge on any atom is 0.0480 e. The topological polar surface area (TPSA) is 30.9 Å². The zero-order chi connectivity index (χ0) is 13.2. The van der Waals surface area contributed by atoms with Gasteiger partial charge in [-0.25, -0.2) is 0 Å². The molecule has 1 heterocycles. The maximum absolute atomic E-state index is 6.03. The summed E-state index contributed by atoms with van der Waals surface area (Å²) < 4.78 is 2.18. The summed E-state index contributed by atoms with van der Waals surface area (Å²) in [6.45, 7) is 0.623. The number of nitrogens with two attached hydrogens (primary N) is 1. The van der Waals surface area contributed by atoms with Crippen molar-refractivity contribution < 1.29 is 0 Å². The summed E-state index contributed by atoms with van der Waals surface area (Å²) in [7, 11) is 2.09. The lowest BCUT2D eigenvalue weighted by Crippen LogP contribution is -2.13. The second-order valence-electron chi connectivity index (χ2n) is 4.91. The second-order valence-corrected chi connectivity index (χ2v) is 4.91. The molecule has 0 aliphatic rings. The van der Waals surface area contributed by atoms with Gasteiger partial charge in [0.25, 0.3) is 0 Å². The van der Waals surface area contributed by atoms with Crippen molar-refractivity contribution in [1.82, 2.24) is 4.57 Å². The number of rotatable bonds is 3. The summed E-state index contributed by atoms with van der Waals surface area (Å²) in [6.07, 6.45) is 2.20. The van der Waals surface area contributed by atoms with Gasteiger partial charge in [0, 0.05) is 36.6 Å². The van der Waals surface area contributed by atoms with Crippen molar-refractivity contribution in [1.29, 1.82) is 0 Å². The Kier molecular flexibility index (Phi) is 3.10. The third kappa shape index (κ3) is 2.04. The Hall–Kier alpha value is -2.06. The van der Waals surface area contributed by atoms with Crippen molar-refractivity contribution in [3.05, 3.63) is 71.9 Å². The molecule has 2 heteroatoms. The lowest BCUT2D eigenvalue weighted by atomic mass is 9.91. The minimum atomic E-state index is 0.257. The van der Waals surface area contributed by atoms with Gasteiger partial charge in [0.1, 0.15) is 0 Å². The van der Waals surface area contributed by atoms with Crippen LogP contribution < -0.4 is 5.73 Å². The molecular formula is C17H18N2. The Balaban J connectivity index is 2.17. The number of aryl methyl sites for hydroxylation is 1. The van der Waals surface area contributed by atoms with Gasteiger partial charge in [-0.15, -0.1) is 0 Å². The number of benzene rings is 2. The fraction of sp³-hybridized carbons (Fsp3) is 0.176. The van der Waals surface area contributed by atoms with Crippen molar-refractivity contribution in [2.24, 2.45) is 12.8 Å². The van der Waals surface area contributed by atoms with Gasteiger partial charge in [-0.3, -0.25) is 0 Å². The van der Waals surface area contributed by atoms with E-state index in [4.69, 9.17) is 5.73 Å². The fourth-order valence-electron chi connectivity index (χ4n) is 2.78. The summed E-state index contributed by atoms with van der Waals surface area (Å²) in [6, 6.07) is 19.0. The van der Waals surface area contributed by atoms with E-state index in [0.29, 0.717) is 6.54 Å². The molecule has 0 aliphatic heterocycles. The van der Waals surface area contributed by atoms with Crippen molar-refractivity contribution in [3.63, 3.8) is 0 Å². The summed E-state index contributed by atoms with van der Waals surface area (Å²) in [5, 5.41) is 1.30. The smallest absolute Gasteiger partial charge is 0.0480 e. The number of hydrogen-bond donors (Lipinski definition) is 1. The Morgan fingerprint density at radius 1 is 1.00 bits per heavy atom. The van der Waals surface area contributed by atoms with Crippen LogP contribution in [-0.2, 0) is 7.05 Å². The molecule has 3 rings (SSSR count). The largest absolute Gasteiger partial charge is 0.350 e. The third-order valence-corrected chi connectivity index (χ3v) is 3.74. The molecule has 0 spiro atoms. The molecule has 0 unspecified atom stereocenters. The lowest BCUT2D eigenvalue weighted by molar-refractivity contribution is 0.816. The molecule has 0 bridgehead atoms. The van der Waals surface area contributed by atoms with Crippen LogP contribution in [0, 0.1) is 0 Å². The molecule has 1 atom stereocenters. The molecule has 0 aliphatic carbocycles. The quantitative estimate of drug-likeness (QED) is 0.760. The van der Waals surface area contributed by atoms with E-state index in [-0.39, 0.29) is 5.92 Å². The molecule has 3 aromatic rings. The second kappa shape index (κ2) is 4.90. The van der Waals surface area contributed by atoms with Crippen molar-refractivity contribution >= 4 is 10.9 Å². The number of fused-ring (bicyclic) bond motifs is 1. The summed E-state index contributed by atoms with van der Waals surface area (Å²) >= 11 is 0.